The molecule has 1 fully saturated rings. The number of rotatable bonds is 5. The van der Waals surface area contributed by atoms with Gasteiger partial charge < -0.3 is 15.5 Å². The van der Waals surface area contributed by atoms with Gasteiger partial charge in [0.15, 0.2) is 11.6 Å². The molecule has 5 nitrogen and oxygen atoms in total. The molecule has 0 saturated carbocycles. The molecule has 1 saturated heterocycles. The first-order valence-corrected chi connectivity index (χ1v) is 10.3. The molecule has 1 aliphatic rings. The standard InChI is InChI=1S/C18H14BrF3IN3O2/c19-6-15(27)24-10-7-26(8-10)18(28)11-2-3-12(20)16(22)17(11)25-14-4-1-9(23)5-13(14)21/h1-5,10,25H,6-8H2,(H,24,27). The Bertz CT molecular complexity index is 939. The van der Waals surface area contributed by atoms with Gasteiger partial charge in [-0.25, -0.2) is 13.2 Å². The highest BCUT2D eigenvalue weighted by Gasteiger charge is 2.34. The molecule has 2 N–H and O–H groups in total. The van der Waals surface area contributed by atoms with Crippen LogP contribution in [-0.4, -0.2) is 41.2 Å². The van der Waals surface area contributed by atoms with Crippen LogP contribution in [0.3, 0.4) is 0 Å². The Balaban J connectivity index is 1.83. The summed E-state index contributed by atoms with van der Waals surface area (Å²) in [6, 6.07) is 6.00. The van der Waals surface area contributed by atoms with E-state index in [1.807, 2.05) is 22.6 Å². The van der Waals surface area contributed by atoms with Crippen LogP contribution in [0, 0.1) is 21.0 Å². The van der Waals surface area contributed by atoms with Crippen molar-refractivity contribution in [1.29, 1.82) is 0 Å². The second-order valence-corrected chi connectivity index (χ2v) is 7.95. The molecular formula is C18H14BrF3IN3O2. The molecule has 148 valence electrons. The van der Waals surface area contributed by atoms with Crippen LogP contribution >= 0.6 is 38.5 Å². The third-order valence-corrected chi connectivity index (χ3v) is 5.35. The van der Waals surface area contributed by atoms with Crippen molar-refractivity contribution in [2.45, 2.75) is 6.04 Å². The molecule has 1 aliphatic heterocycles. The van der Waals surface area contributed by atoms with E-state index in [9.17, 15) is 22.8 Å². The number of anilines is 2. The molecule has 0 atom stereocenters. The van der Waals surface area contributed by atoms with E-state index in [0.29, 0.717) is 3.57 Å². The molecule has 0 aromatic heterocycles. The maximum Gasteiger partial charge on any atom is 0.256 e. The lowest BCUT2D eigenvalue weighted by atomic mass is 10.0. The van der Waals surface area contributed by atoms with Crippen molar-refractivity contribution in [3.05, 3.63) is 56.9 Å². The topological polar surface area (TPSA) is 61.4 Å². The van der Waals surface area contributed by atoms with Crippen molar-refractivity contribution >= 4 is 61.7 Å². The summed E-state index contributed by atoms with van der Waals surface area (Å²) in [5.74, 6) is -3.84. The van der Waals surface area contributed by atoms with E-state index in [1.54, 1.807) is 6.07 Å². The van der Waals surface area contributed by atoms with Crippen molar-refractivity contribution in [2.24, 2.45) is 0 Å². The minimum absolute atomic E-state index is 0.0787. The number of alkyl halides is 1. The van der Waals surface area contributed by atoms with Gasteiger partial charge in [0.05, 0.1) is 28.3 Å². The predicted octanol–water partition coefficient (Wildman–Crippen LogP) is 3.79. The highest BCUT2D eigenvalue weighted by Crippen LogP contribution is 2.30. The van der Waals surface area contributed by atoms with Crippen molar-refractivity contribution in [1.82, 2.24) is 10.2 Å². The van der Waals surface area contributed by atoms with Crippen molar-refractivity contribution in [3.8, 4) is 0 Å². The van der Waals surface area contributed by atoms with Crippen LogP contribution in [-0.2, 0) is 4.79 Å². The van der Waals surface area contributed by atoms with Gasteiger partial charge in [0.1, 0.15) is 5.82 Å². The van der Waals surface area contributed by atoms with Gasteiger partial charge in [-0.15, -0.1) is 0 Å². The molecule has 0 bridgehead atoms. The number of halogens is 5. The zero-order chi connectivity index (χ0) is 20.4. The van der Waals surface area contributed by atoms with E-state index >= 15 is 0 Å². The van der Waals surface area contributed by atoms with E-state index in [2.05, 4.69) is 26.6 Å². The summed E-state index contributed by atoms with van der Waals surface area (Å²) in [6.07, 6.45) is 0. The molecule has 0 radical (unpaired) electrons. The van der Waals surface area contributed by atoms with Gasteiger partial charge in [0.25, 0.3) is 5.91 Å². The van der Waals surface area contributed by atoms with Crippen LogP contribution in [0.5, 0.6) is 0 Å². The molecule has 3 rings (SSSR count). The van der Waals surface area contributed by atoms with Gasteiger partial charge in [-0.05, 0) is 52.9 Å². The van der Waals surface area contributed by atoms with E-state index < -0.39 is 29.0 Å². The lowest BCUT2D eigenvalue weighted by Gasteiger charge is -2.39. The maximum atomic E-state index is 14.4. The third-order valence-electron chi connectivity index (χ3n) is 4.17. The van der Waals surface area contributed by atoms with Crippen LogP contribution in [0.1, 0.15) is 10.4 Å². The highest BCUT2D eigenvalue weighted by molar-refractivity contribution is 14.1. The molecule has 2 aromatic rings. The molecule has 0 spiro atoms. The van der Waals surface area contributed by atoms with Crippen LogP contribution in [0.2, 0.25) is 0 Å². The second-order valence-electron chi connectivity index (χ2n) is 6.14. The van der Waals surface area contributed by atoms with Crippen molar-refractivity contribution in [3.63, 3.8) is 0 Å². The van der Waals surface area contributed by atoms with Crippen LogP contribution < -0.4 is 10.6 Å². The molecule has 10 heteroatoms. The predicted molar refractivity (Wildman–Crippen MR) is 110 cm³/mol. The summed E-state index contributed by atoms with van der Waals surface area (Å²) in [5.41, 5.74) is -0.634. The average Bonchev–Trinajstić information content (AvgIpc) is 2.63. The number of benzene rings is 2. The minimum atomic E-state index is -1.27. The maximum absolute atomic E-state index is 14.4. The number of hydrogen-bond acceptors (Lipinski definition) is 3. The number of likely N-dealkylation sites (tertiary alicyclic amines) is 1. The molecule has 0 aliphatic carbocycles. The Kier molecular flexibility index (Phi) is 6.48. The van der Waals surface area contributed by atoms with Crippen molar-refractivity contribution < 1.29 is 22.8 Å². The zero-order valence-corrected chi connectivity index (χ0v) is 18.0. The Morgan fingerprint density at radius 1 is 1.14 bits per heavy atom. The van der Waals surface area contributed by atoms with Gasteiger partial charge >= 0.3 is 0 Å². The van der Waals surface area contributed by atoms with E-state index in [-0.39, 0.29) is 41.6 Å². The Morgan fingerprint density at radius 3 is 2.50 bits per heavy atom. The fourth-order valence-corrected chi connectivity index (χ4v) is 3.36. The Hall–Kier alpha value is -1.82. The third kappa shape index (κ3) is 4.43. The molecule has 2 amide bonds. The fourth-order valence-electron chi connectivity index (χ4n) is 2.75. The van der Waals surface area contributed by atoms with Gasteiger partial charge in [-0.1, -0.05) is 15.9 Å². The smallest absolute Gasteiger partial charge is 0.256 e. The van der Waals surface area contributed by atoms with Crippen LogP contribution in [0.15, 0.2) is 30.3 Å². The molecule has 0 unspecified atom stereocenters. The first kappa shape index (κ1) is 20.9. The number of amides is 2. The summed E-state index contributed by atoms with van der Waals surface area (Å²) in [5, 5.41) is 5.36. The number of nitrogens with one attached hydrogen (secondary N) is 2. The molecule has 28 heavy (non-hydrogen) atoms. The van der Waals surface area contributed by atoms with Crippen LogP contribution in [0.25, 0.3) is 0 Å². The summed E-state index contributed by atoms with van der Waals surface area (Å²) in [6.45, 7) is 0.488. The van der Waals surface area contributed by atoms with Crippen molar-refractivity contribution in [2.75, 3.05) is 23.7 Å². The summed E-state index contributed by atoms with van der Waals surface area (Å²) >= 11 is 4.96. The summed E-state index contributed by atoms with van der Waals surface area (Å²) in [7, 11) is 0. The molecular weight excluding hydrogens is 554 g/mol. The number of carbonyl (C=O) groups excluding carboxylic acids is 2. The van der Waals surface area contributed by atoms with Gasteiger partial charge in [-0.2, -0.15) is 0 Å². The second kappa shape index (κ2) is 8.68. The first-order valence-electron chi connectivity index (χ1n) is 8.14. The Morgan fingerprint density at radius 2 is 1.86 bits per heavy atom. The average molecular weight is 568 g/mol. The highest BCUT2D eigenvalue weighted by atomic mass is 127. The van der Waals surface area contributed by atoms with E-state index in [0.717, 1.165) is 12.1 Å². The lowest BCUT2D eigenvalue weighted by molar-refractivity contribution is -0.120. The largest absolute Gasteiger partial charge is 0.350 e. The van der Waals surface area contributed by atoms with Gasteiger partial charge in [0.2, 0.25) is 5.91 Å². The number of carbonyl (C=O) groups is 2. The van der Waals surface area contributed by atoms with Crippen LogP contribution in [0.4, 0.5) is 24.5 Å². The first-order chi connectivity index (χ1) is 13.3. The number of nitrogens with zero attached hydrogens (tertiary/aromatic N) is 1. The normalized spacial score (nSPS) is 13.8. The fraction of sp³-hybridized carbons (Fsp3) is 0.222. The Labute approximate surface area is 180 Å². The zero-order valence-electron chi connectivity index (χ0n) is 14.2. The van der Waals surface area contributed by atoms with Gasteiger partial charge in [-0.3, -0.25) is 9.59 Å². The van der Waals surface area contributed by atoms with E-state index in [1.165, 1.54) is 17.0 Å². The summed E-state index contributed by atoms with van der Waals surface area (Å²) < 4.78 is 42.9. The quantitative estimate of drug-likeness (QED) is 0.427. The summed E-state index contributed by atoms with van der Waals surface area (Å²) in [4.78, 5) is 25.5. The molecule has 2 aromatic carbocycles. The SMILES string of the molecule is O=C(CBr)NC1CN(C(=O)c2ccc(F)c(F)c2Nc2ccc(I)cc2F)C1. The minimum Gasteiger partial charge on any atom is -0.350 e. The monoisotopic (exact) mass is 567 g/mol. The molecule has 1 heterocycles. The lowest BCUT2D eigenvalue weighted by Crippen LogP contribution is -2.61. The number of hydrogen-bond donors (Lipinski definition) is 2. The van der Waals surface area contributed by atoms with E-state index in [4.69, 9.17) is 0 Å². The van der Waals surface area contributed by atoms with Gasteiger partial charge in [0, 0.05) is 16.7 Å².